The Labute approximate surface area is 163 Å². The standard InChI is InChI=1S/C22H21N5O/c1-14(2)22(28)24-17-12-27(13-17)21-20(16-7-5-6-15(10-16)11-23)25-18-8-3-4-9-19(18)26-21/h3-10,14,17H,12-13H2,1-2H3,(H,24,28). The van der Waals surface area contributed by atoms with Crippen molar-refractivity contribution in [1.29, 1.82) is 5.26 Å². The van der Waals surface area contributed by atoms with E-state index in [0.29, 0.717) is 18.7 Å². The predicted molar refractivity (Wildman–Crippen MR) is 109 cm³/mol. The van der Waals surface area contributed by atoms with Crippen molar-refractivity contribution in [2.45, 2.75) is 19.9 Å². The summed E-state index contributed by atoms with van der Waals surface area (Å²) < 4.78 is 0. The summed E-state index contributed by atoms with van der Waals surface area (Å²) in [6.07, 6.45) is 0. The lowest BCUT2D eigenvalue weighted by molar-refractivity contribution is -0.124. The summed E-state index contributed by atoms with van der Waals surface area (Å²) in [5.74, 6) is 0.818. The van der Waals surface area contributed by atoms with Crippen LogP contribution in [0.25, 0.3) is 22.3 Å². The smallest absolute Gasteiger partial charge is 0.222 e. The Kier molecular flexibility index (Phi) is 4.66. The molecule has 1 saturated heterocycles. The molecule has 0 radical (unpaired) electrons. The van der Waals surface area contributed by atoms with E-state index in [0.717, 1.165) is 28.1 Å². The number of carbonyl (C=O) groups is 1. The number of fused-ring (bicyclic) bond motifs is 1. The quantitative estimate of drug-likeness (QED) is 0.762. The first-order chi connectivity index (χ1) is 13.5. The van der Waals surface area contributed by atoms with Crippen LogP contribution >= 0.6 is 0 Å². The van der Waals surface area contributed by atoms with Crippen molar-refractivity contribution >= 4 is 22.8 Å². The molecule has 0 saturated carbocycles. The van der Waals surface area contributed by atoms with E-state index in [1.54, 1.807) is 6.07 Å². The van der Waals surface area contributed by atoms with Gasteiger partial charge in [-0.3, -0.25) is 4.79 Å². The van der Waals surface area contributed by atoms with Crippen LogP contribution in [-0.2, 0) is 4.79 Å². The van der Waals surface area contributed by atoms with Crippen LogP contribution in [0.5, 0.6) is 0 Å². The zero-order valence-electron chi connectivity index (χ0n) is 15.9. The van der Waals surface area contributed by atoms with Gasteiger partial charge in [0.15, 0.2) is 5.82 Å². The summed E-state index contributed by atoms with van der Waals surface area (Å²) in [6, 6.07) is 17.5. The van der Waals surface area contributed by atoms with Crippen molar-refractivity contribution in [2.24, 2.45) is 5.92 Å². The van der Waals surface area contributed by atoms with E-state index < -0.39 is 0 Å². The molecule has 6 nitrogen and oxygen atoms in total. The third kappa shape index (κ3) is 3.39. The van der Waals surface area contributed by atoms with Crippen LogP contribution in [0.15, 0.2) is 48.5 Å². The van der Waals surface area contributed by atoms with Crippen LogP contribution in [0.2, 0.25) is 0 Å². The lowest BCUT2D eigenvalue weighted by Crippen LogP contribution is -2.60. The highest BCUT2D eigenvalue weighted by atomic mass is 16.1. The van der Waals surface area contributed by atoms with Crippen molar-refractivity contribution in [3.05, 3.63) is 54.1 Å². The Morgan fingerprint density at radius 2 is 1.86 bits per heavy atom. The Hall–Kier alpha value is -3.46. The molecule has 0 aliphatic carbocycles. The Morgan fingerprint density at radius 3 is 2.54 bits per heavy atom. The topological polar surface area (TPSA) is 81.9 Å². The van der Waals surface area contributed by atoms with E-state index in [-0.39, 0.29) is 17.9 Å². The maximum atomic E-state index is 11.9. The lowest BCUT2D eigenvalue weighted by atomic mass is 10.0. The summed E-state index contributed by atoms with van der Waals surface area (Å²) in [5, 5.41) is 12.3. The van der Waals surface area contributed by atoms with E-state index in [1.807, 2.05) is 56.3 Å². The number of hydrogen-bond donors (Lipinski definition) is 1. The fourth-order valence-electron chi connectivity index (χ4n) is 3.25. The van der Waals surface area contributed by atoms with Gasteiger partial charge >= 0.3 is 0 Å². The van der Waals surface area contributed by atoms with Gasteiger partial charge in [0.1, 0.15) is 5.69 Å². The molecule has 0 unspecified atom stereocenters. The van der Waals surface area contributed by atoms with E-state index in [1.165, 1.54) is 0 Å². The number of carbonyl (C=O) groups excluding carboxylic acids is 1. The minimum Gasteiger partial charge on any atom is -0.351 e. The number of anilines is 1. The summed E-state index contributed by atoms with van der Waals surface area (Å²) in [5.41, 5.74) is 3.84. The van der Waals surface area contributed by atoms with Crippen LogP contribution in [-0.4, -0.2) is 35.0 Å². The van der Waals surface area contributed by atoms with Crippen LogP contribution in [0.3, 0.4) is 0 Å². The predicted octanol–water partition coefficient (Wildman–Crippen LogP) is 3.13. The van der Waals surface area contributed by atoms with Gasteiger partial charge in [0, 0.05) is 24.6 Å². The summed E-state index contributed by atoms with van der Waals surface area (Å²) in [4.78, 5) is 23.7. The lowest BCUT2D eigenvalue weighted by Gasteiger charge is -2.41. The van der Waals surface area contributed by atoms with Crippen LogP contribution < -0.4 is 10.2 Å². The molecule has 3 aromatic rings. The van der Waals surface area contributed by atoms with Gasteiger partial charge in [0.05, 0.1) is 28.7 Å². The monoisotopic (exact) mass is 371 g/mol. The molecule has 1 N–H and O–H groups in total. The molecule has 0 spiro atoms. The molecule has 140 valence electrons. The Morgan fingerprint density at radius 1 is 1.14 bits per heavy atom. The summed E-state index contributed by atoms with van der Waals surface area (Å²) in [7, 11) is 0. The number of nitrogens with zero attached hydrogens (tertiary/aromatic N) is 4. The number of hydrogen-bond acceptors (Lipinski definition) is 5. The van der Waals surface area contributed by atoms with Gasteiger partial charge in [-0.1, -0.05) is 38.1 Å². The molecule has 0 atom stereocenters. The highest BCUT2D eigenvalue weighted by Crippen LogP contribution is 2.32. The van der Waals surface area contributed by atoms with Gasteiger partial charge in [-0.05, 0) is 24.3 Å². The molecular formula is C22H21N5O. The number of para-hydroxylation sites is 2. The SMILES string of the molecule is CC(C)C(=O)NC1CN(c2nc3ccccc3nc2-c2cccc(C#N)c2)C1. The van der Waals surface area contributed by atoms with E-state index in [2.05, 4.69) is 16.3 Å². The number of amides is 1. The number of aromatic nitrogens is 2. The molecular weight excluding hydrogens is 350 g/mol. The second kappa shape index (κ2) is 7.28. The maximum Gasteiger partial charge on any atom is 0.222 e. The number of rotatable bonds is 4. The van der Waals surface area contributed by atoms with Crippen molar-refractivity contribution in [3.63, 3.8) is 0 Å². The highest BCUT2D eigenvalue weighted by molar-refractivity contribution is 5.84. The van der Waals surface area contributed by atoms with Crippen molar-refractivity contribution < 1.29 is 4.79 Å². The molecule has 28 heavy (non-hydrogen) atoms. The first kappa shape index (κ1) is 17.9. The normalized spacial score (nSPS) is 14.0. The van der Waals surface area contributed by atoms with Gasteiger partial charge in [-0.2, -0.15) is 5.26 Å². The number of nitrogens with one attached hydrogen (secondary N) is 1. The third-order valence-electron chi connectivity index (χ3n) is 4.87. The van der Waals surface area contributed by atoms with Gasteiger partial charge < -0.3 is 10.2 Å². The fraction of sp³-hybridized carbons (Fsp3) is 0.273. The Balaban J connectivity index is 1.69. The van der Waals surface area contributed by atoms with E-state index in [9.17, 15) is 10.1 Å². The van der Waals surface area contributed by atoms with E-state index >= 15 is 0 Å². The average molecular weight is 371 g/mol. The molecule has 6 heteroatoms. The minimum absolute atomic E-state index is 0.0289. The van der Waals surface area contributed by atoms with Crippen molar-refractivity contribution in [2.75, 3.05) is 18.0 Å². The highest BCUT2D eigenvalue weighted by Gasteiger charge is 2.32. The molecule has 0 bridgehead atoms. The molecule has 1 aliphatic heterocycles. The molecule has 2 aromatic carbocycles. The molecule has 1 amide bonds. The minimum atomic E-state index is -0.0289. The maximum absolute atomic E-state index is 11.9. The molecule has 4 rings (SSSR count). The summed E-state index contributed by atoms with van der Waals surface area (Å²) >= 11 is 0. The molecule has 1 aromatic heterocycles. The second-order valence-corrected chi connectivity index (χ2v) is 7.34. The van der Waals surface area contributed by atoms with Gasteiger partial charge in [-0.15, -0.1) is 0 Å². The van der Waals surface area contributed by atoms with Crippen molar-refractivity contribution in [3.8, 4) is 17.3 Å². The van der Waals surface area contributed by atoms with Gasteiger partial charge in [0.25, 0.3) is 0 Å². The van der Waals surface area contributed by atoms with E-state index in [4.69, 9.17) is 9.97 Å². The average Bonchev–Trinajstić information content (AvgIpc) is 2.69. The second-order valence-electron chi connectivity index (χ2n) is 7.34. The number of nitriles is 1. The summed E-state index contributed by atoms with van der Waals surface area (Å²) in [6.45, 7) is 5.16. The zero-order chi connectivity index (χ0) is 19.7. The molecule has 1 aliphatic rings. The Bertz CT molecular complexity index is 1080. The molecule has 2 heterocycles. The fourth-order valence-corrected chi connectivity index (χ4v) is 3.25. The third-order valence-corrected chi connectivity index (χ3v) is 4.87. The van der Waals surface area contributed by atoms with Crippen LogP contribution in [0.1, 0.15) is 19.4 Å². The first-order valence-electron chi connectivity index (χ1n) is 9.38. The first-order valence-corrected chi connectivity index (χ1v) is 9.38. The molecule has 1 fully saturated rings. The van der Waals surface area contributed by atoms with Gasteiger partial charge in [0.2, 0.25) is 5.91 Å². The zero-order valence-corrected chi connectivity index (χ0v) is 15.9. The van der Waals surface area contributed by atoms with Crippen molar-refractivity contribution in [1.82, 2.24) is 15.3 Å². The van der Waals surface area contributed by atoms with Crippen LogP contribution in [0.4, 0.5) is 5.82 Å². The van der Waals surface area contributed by atoms with Gasteiger partial charge in [-0.25, -0.2) is 9.97 Å². The largest absolute Gasteiger partial charge is 0.351 e. The number of benzene rings is 2. The van der Waals surface area contributed by atoms with Crippen LogP contribution in [0, 0.1) is 17.2 Å².